The van der Waals surface area contributed by atoms with Crippen molar-refractivity contribution in [3.05, 3.63) is 76.2 Å². The van der Waals surface area contributed by atoms with Crippen LogP contribution < -0.4 is 10.9 Å². The van der Waals surface area contributed by atoms with Crippen LogP contribution >= 0.6 is 0 Å². The van der Waals surface area contributed by atoms with E-state index in [1.54, 1.807) is 12.1 Å². The quantitative estimate of drug-likeness (QED) is 0.753. The molecule has 6 heteroatoms. The third kappa shape index (κ3) is 2.85. The maximum atomic E-state index is 13.2. The number of hydrogen-bond donors (Lipinski definition) is 1. The molecule has 22 heavy (non-hydrogen) atoms. The van der Waals surface area contributed by atoms with Gasteiger partial charge in [-0.05, 0) is 29.8 Å². The Kier molecular flexibility index (Phi) is 3.65. The molecular weight excluding hydrogens is 287 g/mol. The van der Waals surface area contributed by atoms with Gasteiger partial charge in [0, 0.05) is 42.0 Å². The van der Waals surface area contributed by atoms with E-state index in [0.717, 1.165) is 6.07 Å². The molecule has 5 nitrogen and oxygen atoms in total. The smallest absolute Gasteiger partial charge is 0.336 e. The number of hydrogen-bond acceptors (Lipinski definition) is 4. The summed E-state index contributed by atoms with van der Waals surface area (Å²) in [6.45, 7) is 0.134. The van der Waals surface area contributed by atoms with Gasteiger partial charge in [-0.3, -0.25) is 9.78 Å². The van der Waals surface area contributed by atoms with E-state index in [2.05, 4.69) is 10.3 Å². The number of carbonyl (C=O) groups is 1. The summed E-state index contributed by atoms with van der Waals surface area (Å²) in [4.78, 5) is 27.4. The molecule has 0 spiro atoms. The van der Waals surface area contributed by atoms with E-state index in [0.29, 0.717) is 16.5 Å². The number of pyridine rings is 1. The molecular formula is C16H11FN2O3. The van der Waals surface area contributed by atoms with Crippen LogP contribution in [0.5, 0.6) is 0 Å². The molecule has 0 saturated heterocycles. The monoisotopic (exact) mass is 298 g/mol. The zero-order chi connectivity index (χ0) is 15.5. The lowest BCUT2D eigenvalue weighted by Gasteiger charge is -2.07. The average Bonchev–Trinajstić information content (AvgIpc) is 2.52. The molecule has 0 saturated carbocycles. The number of amides is 1. The van der Waals surface area contributed by atoms with Crippen molar-refractivity contribution in [2.75, 3.05) is 0 Å². The van der Waals surface area contributed by atoms with Gasteiger partial charge in [0.15, 0.2) is 0 Å². The van der Waals surface area contributed by atoms with Gasteiger partial charge in [-0.2, -0.15) is 0 Å². The number of nitrogens with one attached hydrogen (secondary N) is 1. The first-order valence-corrected chi connectivity index (χ1v) is 6.54. The van der Waals surface area contributed by atoms with Gasteiger partial charge in [-0.15, -0.1) is 0 Å². The molecule has 3 rings (SSSR count). The van der Waals surface area contributed by atoms with E-state index >= 15 is 0 Å². The average molecular weight is 298 g/mol. The highest BCUT2D eigenvalue weighted by Gasteiger charge is 2.09. The van der Waals surface area contributed by atoms with Crippen LogP contribution in [0.4, 0.5) is 4.39 Å². The van der Waals surface area contributed by atoms with Gasteiger partial charge in [-0.25, -0.2) is 9.18 Å². The van der Waals surface area contributed by atoms with Gasteiger partial charge in [0.05, 0.1) is 0 Å². The van der Waals surface area contributed by atoms with Crippen molar-refractivity contribution < 1.29 is 13.6 Å². The predicted molar refractivity (Wildman–Crippen MR) is 77.8 cm³/mol. The van der Waals surface area contributed by atoms with Crippen LogP contribution in [-0.2, 0) is 6.54 Å². The first-order valence-electron chi connectivity index (χ1n) is 6.54. The summed E-state index contributed by atoms with van der Waals surface area (Å²) in [5.41, 5.74) is 0.592. The molecule has 1 amide bonds. The molecule has 0 aliphatic rings. The van der Waals surface area contributed by atoms with Crippen molar-refractivity contribution in [2.45, 2.75) is 6.54 Å². The largest absolute Gasteiger partial charge is 0.423 e. The van der Waals surface area contributed by atoms with Gasteiger partial charge >= 0.3 is 5.63 Å². The zero-order valence-electron chi connectivity index (χ0n) is 11.4. The number of rotatable bonds is 3. The van der Waals surface area contributed by atoms with E-state index in [-0.39, 0.29) is 18.0 Å². The Labute approximate surface area is 124 Å². The van der Waals surface area contributed by atoms with Crippen LogP contribution in [0.2, 0.25) is 0 Å². The van der Waals surface area contributed by atoms with Crippen LogP contribution in [0.25, 0.3) is 11.0 Å². The lowest BCUT2D eigenvalue weighted by Crippen LogP contribution is -2.23. The second-order valence-electron chi connectivity index (χ2n) is 4.65. The molecule has 1 aromatic carbocycles. The third-order valence-electron chi connectivity index (χ3n) is 3.17. The Hall–Kier alpha value is -3.02. The highest BCUT2D eigenvalue weighted by Crippen LogP contribution is 2.18. The summed E-state index contributed by atoms with van der Waals surface area (Å²) in [6.07, 6.45) is 3.04. The number of carbonyl (C=O) groups excluding carboxylic acids is 1. The molecule has 0 atom stereocenters. The normalized spacial score (nSPS) is 10.6. The number of aromatic nitrogens is 1. The minimum atomic E-state index is -0.591. The fraction of sp³-hybridized carbons (Fsp3) is 0.0625. The van der Waals surface area contributed by atoms with Crippen molar-refractivity contribution in [2.24, 2.45) is 0 Å². The summed E-state index contributed by atoms with van der Waals surface area (Å²) in [5, 5.41) is 3.29. The minimum Gasteiger partial charge on any atom is -0.423 e. The van der Waals surface area contributed by atoms with Crippen LogP contribution in [0.1, 0.15) is 15.9 Å². The van der Waals surface area contributed by atoms with E-state index in [1.807, 2.05) is 0 Å². The fourth-order valence-electron chi connectivity index (χ4n) is 2.13. The van der Waals surface area contributed by atoms with Crippen molar-refractivity contribution >= 4 is 16.9 Å². The molecule has 110 valence electrons. The number of benzene rings is 1. The number of fused-ring (bicyclic) bond motifs is 1. The third-order valence-corrected chi connectivity index (χ3v) is 3.17. The van der Waals surface area contributed by atoms with Crippen molar-refractivity contribution in [3.8, 4) is 0 Å². The molecule has 0 aliphatic carbocycles. The van der Waals surface area contributed by atoms with Gasteiger partial charge in [0.1, 0.15) is 11.4 Å². The minimum absolute atomic E-state index is 0.134. The topological polar surface area (TPSA) is 72.2 Å². The van der Waals surface area contributed by atoms with Crippen LogP contribution in [-0.4, -0.2) is 10.9 Å². The molecule has 0 aliphatic heterocycles. The Bertz CT molecular complexity index is 891. The van der Waals surface area contributed by atoms with Gasteiger partial charge in [-0.1, -0.05) is 0 Å². The first kappa shape index (κ1) is 13.9. The van der Waals surface area contributed by atoms with E-state index in [1.165, 1.54) is 30.6 Å². The fourth-order valence-corrected chi connectivity index (χ4v) is 2.13. The number of halogens is 1. The summed E-state index contributed by atoms with van der Waals surface area (Å²) in [6, 6.07) is 8.39. The molecule has 1 N–H and O–H groups in total. The molecule has 0 unspecified atom stereocenters. The zero-order valence-corrected chi connectivity index (χ0v) is 11.4. The maximum absolute atomic E-state index is 13.2. The number of nitrogens with zero attached hydrogens (tertiary/aromatic N) is 1. The van der Waals surface area contributed by atoms with Gasteiger partial charge in [0.25, 0.3) is 5.91 Å². The maximum Gasteiger partial charge on any atom is 0.336 e. The second-order valence-corrected chi connectivity index (χ2v) is 4.65. The predicted octanol–water partition coefficient (Wildman–Crippen LogP) is 2.26. The lowest BCUT2D eigenvalue weighted by atomic mass is 10.1. The SMILES string of the molecule is O=C(NCc1cc(=O)oc2cc(F)ccc12)c1ccncc1. The highest BCUT2D eigenvalue weighted by molar-refractivity contribution is 5.94. The van der Waals surface area contributed by atoms with E-state index < -0.39 is 11.4 Å². The van der Waals surface area contributed by atoms with E-state index in [9.17, 15) is 14.0 Å². The van der Waals surface area contributed by atoms with Crippen LogP contribution in [0, 0.1) is 5.82 Å². The summed E-state index contributed by atoms with van der Waals surface area (Å²) in [5.74, 6) is -0.778. The van der Waals surface area contributed by atoms with Gasteiger partial charge in [0.2, 0.25) is 0 Å². The summed E-state index contributed by atoms with van der Waals surface area (Å²) < 4.78 is 18.2. The van der Waals surface area contributed by atoms with Crippen molar-refractivity contribution in [3.63, 3.8) is 0 Å². The van der Waals surface area contributed by atoms with Crippen molar-refractivity contribution in [1.29, 1.82) is 0 Å². The van der Waals surface area contributed by atoms with Crippen LogP contribution in [0.15, 0.2) is 58.0 Å². The lowest BCUT2D eigenvalue weighted by molar-refractivity contribution is 0.0951. The Balaban J connectivity index is 1.88. The van der Waals surface area contributed by atoms with Crippen LogP contribution in [0.3, 0.4) is 0 Å². The highest BCUT2D eigenvalue weighted by atomic mass is 19.1. The first-order chi connectivity index (χ1) is 10.6. The molecule has 2 heterocycles. The second kappa shape index (κ2) is 5.77. The summed E-state index contributed by atoms with van der Waals surface area (Å²) in [7, 11) is 0. The Morgan fingerprint density at radius 2 is 1.95 bits per heavy atom. The Morgan fingerprint density at radius 3 is 2.73 bits per heavy atom. The Morgan fingerprint density at radius 1 is 1.18 bits per heavy atom. The molecule has 0 fully saturated rings. The molecule has 0 radical (unpaired) electrons. The standard InChI is InChI=1S/C16H11FN2O3/c17-12-1-2-13-11(7-15(20)22-14(13)8-12)9-19-16(21)10-3-5-18-6-4-10/h1-8H,9H2,(H,19,21). The molecule has 2 aromatic heterocycles. The van der Waals surface area contributed by atoms with E-state index in [4.69, 9.17) is 4.42 Å². The summed E-state index contributed by atoms with van der Waals surface area (Å²) >= 11 is 0. The molecule has 0 bridgehead atoms. The van der Waals surface area contributed by atoms with Gasteiger partial charge < -0.3 is 9.73 Å². The molecule has 3 aromatic rings. The van der Waals surface area contributed by atoms with Crippen molar-refractivity contribution in [1.82, 2.24) is 10.3 Å².